The lowest BCUT2D eigenvalue weighted by Gasteiger charge is -2.03. The van der Waals surface area contributed by atoms with Crippen LogP contribution in [0, 0.1) is 0 Å². The molecule has 1 amide bonds. The predicted molar refractivity (Wildman–Crippen MR) is 63.9 cm³/mol. The van der Waals surface area contributed by atoms with Gasteiger partial charge in [0.25, 0.3) is 11.5 Å². The summed E-state index contributed by atoms with van der Waals surface area (Å²) >= 11 is 0. The van der Waals surface area contributed by atoms with Crippen molar-refractivity contribution in [3.05, 3.63) is 46.1 Å². The summed E-state index contributed by atoms with van der Waals surface area (Å²) in [6, 6.07) is 2.72. The van der Waals surface area contributed by atoms with Gasteiger partial charge in [0.2, 0.25) is 0 Å². The number of hydrogen-bond acceptors (Lipinski definition) is 4. The number of aromatic nitrogens is 4. The summed E-state index contributed by atoms with van der Waals surface area (Å²) in [5.41, 5.74) is 0.857. The molecule has 0 aliphatic heterocycles. The molecule has 0 bridgehead atoms. The van der Waals surface area contributed by atoms with E-state index in [2.05, 4.69) is 15.5 Å². The molecule has 7 nitrogen and oxygen atoms in total. The van der Waals surface area contributed by atoms with Gasteiger partial charge in [-0.15, -0.1) is 0 Å². The molecular weight excluding hydrogens is 234 g/mol. The fourth-order valence-electron chi connectivity index (χ4n) is 1.46. The molecule has 94 valence electrons. The van der Waals surface area contributed by atoms with Crippen LogP contribution in [0.2, 0.25) is 0 Å². The van der Waals surface area contributed by atoms with Gasteiger partial charge in [-0.3, -0.25) is 14.3 Å². The molecule has 2 aromatic rings. The van der Waals surface area contributed by atoms with E-state index in [1.807, 2.05) is 6.20 Å². The third kappa shape index (κ3) is 2.62. The van der Waals surface area contributed by atoms with Gasteiger partial charge in [0.15, 0.2) is 0 Å². The molecule has 2 heterocycles. The highest BCUT2D eigenvalue weighted by Gasteiger charge is 2.08. The van der Waals surface area contributed by atoms with E-state index in [1.54, 1.807) is 17.9 Å². The van der Waals surface area contributed by atoms with Crippen LogP contribution in [-0.4, -0.2) is 25.5 Å². The van der Waals surface area contributed by atoms with Crippen molar-refractivity contribution in [2.24, 2.45) is 14.1 Å². The molecule has 0 saturated carbocycles. The molecule has 0 radical (unpaired) electrons. The monoisotopic (exact) mass is 247 g/mol. The van der Waals surface area contributed by atoms with E-state index in [0.717, 1.165) is 10.2 Å². The van der Waals surface area contributed by atoms with Crippen LogP contribution in [0.5, 0.6) is 0 Å². The third-order valence-corrected chi connectivity index (χ3v) is 2.40. The Morgan fingerprint density at radius 2 is 2.17 bits per heavy atom. The highest BCUT2D eigenvalue weighted by atomic mass is 16.2. The van der Waals surface area contributed by atoms with Crippen LogP contribution in [0.25, 0.3) is 0 Å². The lowest BCUT2D eigenvalue weighted by Crippen LogP contribution is -2.28. The zero-order valence-electron chi connectivity index (χ0n) is 10.1. The van der Waals surface area contributed by atoms with Crippen LogP contribution in [-0.2, 0) is 20.6 Å². The van der Waals surface area contributed by atoms with E-state index in [9.17, 15) is 9.59 Å². The Bertz CT molecular complexity index is 628. The van der Waals surface area contributed by atoms with E-state index in [4.69, 9.17) is 0 Å². The molecule has 0 unspecified atom stereocenters. The molecule has 0 aliphatic rings. The van der Waals surface area contributed by atoms with E-state index in [-0.39, 0.29) is 17.2 Å². The van der Waals surface area contributed by atoms with Crippen molar-refractivity contribution in [2.75, 3.05) is 0 Å². The molecule has 0 saturated heterocycles. The number of hydrogen-bond donors (Lipinski definition) is 1. The SMILES string of the molecule is Cn1cc(CNC(=O)c2ccc(=O)n(C)n2)cn1. The van der Waals surface area contributed by atoms with Crippen molar-refractivity contribution in [1.82, 2.24) is 24.9 Å². The molecule has 0 fully saturated rings. The molecule has 2 aromatic heterocycles. The maximum absolute atomic E-state index is 11.8. The Hall–Kier alpha value is -2.44. The molecule has 0 aliphatic carbocycles. The number of nitrogens with one attached hydrogen (secondary N) is 1. The highest BCUT2D eigenvalue weighted by molar-refractivity contribution is 5.91. The van der Waals surface area contributed by atoms with Gasteiger partial charge in [-0.05, 0) is 6.07 Å². The largest absolute Gasteiger partial charge is 0.346 e. The van der Waals surface area contributed by atoms with Crippen LogP contribution in [0.15, 0.2) is 29.3 Å². The Morgan fingerprint density at radius 1 is 1.39 bits per heavy atom. The third-order valence-electron chi connectivity index (χ3n) is 2.40. The Morgan fingerprint density at radius 3 is 2.78 bits per heavy atom. The Balaban J connectivity index is 2.03. The second-order valence-corrected chi connectivity index (χ2v) is 3.89. The van der Waals surface area contributed by atoms with Crippen molar-refractivity contribution in [3.63, 3.8) is 0 Å². The van der Waals surface area contributed by atoms with Crippen LogP contribution in [0.1, 0.15) is 16.1 Å². The molecule has 0 atom stereocenters. The molecule has 0 spiro atoms. The van der Waals surface area contributed by atoms with Crippen molar-refractivity contribution >= 4 is 5.91 Å². The standard InChI is InChI=1S/C11H13N5O2/c1-15-7-8(6-13-15)5-12-11(18)9-3-4-10(17)16(2)14-9/h3-4,6-7H,5H2,1-2H3,(H,12,18). The predicted octanol–water partition coefficient (Wildman–Crippen LogP) is -0.556. The Labute approximate surface area is 103 Å². The first-order valence-electron chi connectivity index (χ1n) is 5.36. The zero-order valence-corrected chi connectivity index (χ0v) is 10.1. The van der Waals surface area contributed by atoms with Crippen LogP contribution in [0.4, 0.5) is 0 Å². The maximum atomic E-state index is 11.8. The van der Waals surface area contributed by atoms with Crippen LogP contribution >= 0.6 is 0 Å². The summed E-state index contributed by atoms with van der Waals surface area (Å²) < 4.78 is 2.78. The number of amides is 1. The van der Waals surface area contributed by atoms with Crippen molar-refractivity contribution in [1.29, 1.82) is 0 Å². The minimum Gasteiger partial charge on any atom is -0.346 e. The van der Waals surface area contributed by atoms with Gasteiger partial charge in [0.05, 0.1) is 6.20 Å². The fourth-order valence-corrected chi connectivity index (χ4v) is 1.46. The first kappa shape index (κ1) is 12.0. The second kappa shape index (κ2) is 4.82. The fraction of sp³-hybridized carbons (Fsp3) is 0.273. The molecule has 2 rings (SSSR count). The quantitative estimate of drug-likeness (QED) is 0.788. The van der Waals surface area contributed by atoms with E-state index in [0.29, 0.717) is 6.54 Å². The molecular formula is C11H13N5O2. The summed E-state index contributed by atoms with van der Waals surface area (Å²) in [5.74, 6) is -0.325. The number of carbonyl (C=O) groups is 1. The van der Waals surface area contributed by atoms with E-state index in [1.165, 1.54) is 19.2 Å². The number of carbonyl (C=O) groups excluding carboxylic acids is 1. The van der Waals surface area contributed by atoms with Crippen molar-refractivity contribution < 1.29 is 4.79 Å². The van der Waals surface area contributed by atoms with Gasteiger partial charge >= 0.3 is 0 Å². The average molecular weight is 247 g/mol. The maximum Gasteiger partial charge on any atom is 0.271 e. The van der Waals surface area contributed by atoms with Crippen LogP contribution in [0.3, 0.4) is 0 Å². The molecule has 18 heavy (non-hydrogen) atoms. The average Bonchev–Trinajstić information content (AvgIpc) is 2.75. The number of nitrogens with zero attached hydrogens (tertiary/aromatic N) is 4. The number of rotatable bonds is 3. The molecule has 1 N–H and O–H groups in total. The van der Waals surface area contributed by atoms with Gasteiger partial charge in [-0.25, -0.2) is 4.68 Å². The normalized spacial score (nSPS) is 10.3. The van der Waals surface area contributed by atoms with E-state index >= 15 is 0 Å². The first-order chi connectivity index (χ1) is 8.56. The highest BCUT2D eigenvalue weighted by Crippen LogP contribution is 1.96. The minimum absolute atomic E-state index is 0.209. The van der Waals surface area contributed by atoms with Gasteiger partial charge in [-0.2, -0.15) is 10.2 Å². The summed E-state index contributed by atoms with van der Waals surface area (Å²) in [6.07, 6.45) is 3.49. The van der Waals surface area contributed by atoms with Gasteiger partial charge in [0, 0.05) is 38.5 Å². The van der Waals surface area contributed by atoms with Gasteiger partial charge in [-0.1, -0.05) is 0 Å². The Kier molecular flexibility index (Phi) is 3.22. The summed E-state index contributed by atoms with van der Waals surface area (Å²) in [4.78, 5) is 22.9. The van der Waals surface area contributed by atoms with Crippen LogP contribution < -0.4 is 10.9 Å². The molecule has 0 aromatic carbocycles. The first-order valence-corrected chi connectivity index (χ1v) is 5.36. The zero-order chi connectivity index (χ0) is 13.1. The molecule has 7 heteroatoms. The van der Waals surface area contributed by atoms with Gasteiger partial charge < -0.3 is 5.32 Å². The summed E-state index contributed by atoms with van der Waals surface area (Å²) in [6.45, 7) is 0.372. The van der Waals surface area contributed by atoms with Gasteiger partial charge in [0.1, 0.15) is 5.69 Å². The lowest BCUT2D eigenvalue weighted by atomic mass is 10.3. The van der Waals surface area contributed by atoms with Crippen molar-refractivity contribution in [2.45, 2.75) is 6.54 Å². The lowest BCUT2D eigenvalue weighted by molar-refractivity contribution is 0.0943. The van der Waals surface area contributed by atoms with E-state index < -0.39 is 0 Å². The van der Waals surface area contributed by atoms with Crippen molar-refractivity contribution in [3.8, 4) is 0 Å². The second-order valence-electron chi connectivity index (χ2n) is 3.89. The topological polar surface area (TPSA) is 81.8 Å². The minimum atomic E-state index is -0.325. The smallest absolute Gasteiger partial charge is 0.271 e. The number of aryl methyl sites for hydroxylation is 2. The summed E-state index contributed by atoms with van der Waals surface area (Å²) in [5, 5.41) is 10.6. The summed E-state index contributed by atoms with van der Waals surface area (Å²) in [7, 11) is 3.31.